The van der Waals surface area contributed by atoms with Crippen LogP contribution in [0.3, 0.4) is 0 Å². The average Bonchev–Trinajstić information content (AvgIpc) is 2.82. The molecule has 1 aromatic carbocycles. The van der Waals surface area contributed by atoms with Crippen molar-refractivity contribution in [2.75, 3.05) is 10.6 Å². The lowest BCUT2D eigenvalue weighted by atomic mass is 10.0. The Morgan fingerprint density at radius 2 is 1.86 bits per heavy atom. The molecule has 22 heavy (non-hydrogen) atoms. The fourth-order valence-electron chi connectivity index (χ4n) is 2.57. The van der Waals surface area contributed by atoms with Gasteiger partial charge in [-0.3, -0.25) is 5.32 Å². The molecule has 0 aliphatic heterocycles. The standard InChI is InChI=1S/C16H18ClN3OS/c17-11-7-5-6-8-12(11)18-15(21)20-16-19-13-9-3-1-2-4-10-14(13)22-16/h5-8H,1-4,9-10H2,(H2,18,19,20,21). The number of anilines is 2. The third kappa shape index (κ3) is 3.78. The van der Waals surface area contributed by atoms with Crippen molar-refractivity contribution in [1.82, 2.24) is 4.98 Å². The number of halogens is 1. The number of nitrogens with one attached hydrogen (secondary N) is 2. The van der Waals surface area contributed by atoms with Gasteiger partial charge in [0, 0.05) is 4.88 Å². The molecule has 0 saturated heterocycles. The van der Waals surface area contributed by atoms with E-state index in [9.17, 15) is 4.79 Å². The Kier molecular flexibility index (Phi) is 4.95. The number of hydrogen-bond donors (Lipinski definition) is 2. The highest BCUT2D eigenvalue weighted by atomic mass is 35.5. The summed E-state index contributed by atoms with van der Waals surface area (Å²) in [4.78, 5) is 18.0. The molecule has 6 heteroatoms. The number of amides is 2. The van der Waals surface area contributed by atoms with E-state index >= 15 is 0 Å². The molecule has 0 unspecified atom stereocenters. The first-order chi connectivity index (χ1) is 10.7. The second-order valence-electron chi connectivity index (χ2n) is 5.36. The van der Waals surface area contributed by atoms with Gasteiger partial charge < -0.3 is 5.32 Å². The number of para-hydroxylation sites is 1. The van der Waals surface area contributed by atoms with E-state index in [4.69, 9.17) is 11.6 Å². The quantitative estimate of drug-likeness (QED) is 0.802. The van der Waals surface area contributed by atoms with Crippen LogP contribution in [-0.4, -0.2) is 11.0 Å². The van der Waals surface area contributed by atoms with Gasteiger partial charge in [-0.2, -0.15) is 0 Å². The molecule has 2 aromatic rings. The Morgan fingerprint density at radius 3 is 2.68 bits per heavy atom. The van der Waals surface area contributed by atoms with Crippen molar-refractivity contribution >= 4 is 39.8 Å². The minimum absolute atomic E-state index is 0.310. The monoisotopic (exact) mass is 335 g/mol. The first kappa shape index (κ1) is 15.3. The fraction of sp³-hybridized carbons (Fsp3) is 0.375. The van der Waals surface area contributed by atoms with Gasteiger partial charge in [-0.05, 0) is 37.8 Å². The van der Waals surface area contributed by atoms with Crippen molar-refractivity contribution in [3.8, 4) is 0 Å². The first-order valence-corrected chi connectivity index (χ1v) is 8.73. The molecule has 0 radical (unpaired) electrons. The number of hydrogen-bond acceptors (Lipinski definition) is 3. The molecule has 0 fully saturated rings. The van der Waals surface area contributed by atoms with E-state index in [-0.39, 0.29) is 6.03 Å². The Bertz CT molecular complexity index is 646. The van der Waals surface area contributed by atoms with Gasteiger partial charge in [0.2, 0.25) is 0 Å². The van der Waals surface area contributed by atoms with Gasteiger partial charge in [0.1, 0.15) is 0 Å². The molecular formula is C16H18ClN3OS. The molecule has 116 valence electrons. The fourth-order valence-corrected chi connectivity index (χ4v) is 3.80. The maximum absolute atomic E-state index is 12.1. The average molecular weight is 336 g/mol. The largest absolute Gasteiger partial charge is 0.325 e. The molecular weight excluding hydrogens is 318 g/mol. The van der Waals surface area contributed by atoms with Gasteiger partial charge in [-0.25, -0.2) is 9.78 Å². The number of aryl methyl sites for hydroxylation is 2. The van der Waals surface area contributed by atoms with Gasteiger partial charge in [0.25, 0.3) is 0 Å². The smallest absolute Gasteiger partial charge is 0.306 e. The molecule has 3 rings (SSSR count). The van der Waals surface area contributed by atoms with Crippen LogP contribution in [0.5, 0.6) is 0 Å². The summed E-state index contributed by atoms with van der Waals surface area (Å²) in [5.41, 5.74) is 1.74. The van der Waals surface area contributed by atoms with Crippen molar-refractivity contribution in [2.24, 2.45) is 0 Å². The zero-order valence-corrected chi connectivity index (χ0v) is 13.8. The minimum atomic E-state index is -0.310. The van der Waals surface area contributed by atoms with Crippen LogP contribution >= 0.6 is 22.9 Å². The van der Waals surface area contributed by atoms with E-state index in [1.807, 2.05) is 12.1 Å². The molecule has 0 spiro atoms. The molecule has 1 aliphatic rings. The maximum atomic E-state index is 12.1. The van der Waals surface area contributed by atoms with Crippen LogP contribution in [0.2, 0.25) is 5.02 Å². The van der Waals surface area contributed by atoms with Gasteiger partial charge >= 0.3 is 6.03 Å². The lowest BCUT2D eigenvalue weighted by Crippen LogP contribution is -2.19. The lowest BCUT2D eigenvalue weighted by Gasteiger charge is -2.06. The third-order valence-corrected chi connectivity index (χ3v) is 5.09. The van der Waals surface area contributed by atoms with Gasteiger partial charge in [0.05, 0.1) is 16.4 Å². The number of benzene rings is 1. The van der Waals surface area contributed by atoms with Crippen LogP contribution in [0, 0.1) is 0 Å². The predicted octanol–water partition coefficient (Wildman–Crippen LogP) is 5.10. The first-order valence-electron chi connectivity index (χ1n) is 7.53. The summed E-state index contributed by atoms with van der Waals surface area (Å²) in [5.74, 6) is 0. The summed E-state index contributed by atoms with van der Waals surface area (Å²) in [6.45, 7) is 0. The minimum Gasteiger partial charge on any atom is -0.306 e. The highest BCUT2D eigenvalue weighted by Crippen LogP contribution is 2.28. The molecule has 1 aliphatic carbocycles. The summed E-state index contributed by atoms with van der Waals surface area (Å²) in [6.07, 6.45) is 7.03. The van der Waals surface area contributed by atoms with Crippen LogP contribution in [0.25, 0.3) is 0 Å². The maximum Gasteiger partial charge on any atom is 0.325 e. The zero-order chi connectivity index (χ0) is 15.4. The van der Waals surface area contributed by atoms with Crippen LogP contribution < -0.4 is 10.6 Å². The number of carbonyl (C=O) groups is 1. The van der Waals surface area contributed by atoms with Crippen LogP contribution in [0.1, 0.15) is 36.3 Å². The van der Waals surface area contributed by atoms with E-state index in [0.717, 1.165) is 18.5 Å². The third-order valence-electron chi connectivity index (χ3n) is 3.69. The predicted molar refractivity (Wildman–Crippen MR) is 92.1 cm³/mol. The molecule has 0 saturated carbocycles. The summed E-state index contributed by atoms with van der Waals surface area (Å²) >= 11 is 7.62. The number of aromatic nitrogens is 1. The van der Waals surface area contributed by atoms with Gasteiger partial charge in [-0.1, -0.05) is 36.6 Å². The highest BCUT2D eigenvalue weighted by Gasteiger charge is 2.15. The normalized spacial score (nSPS) is 14.6. The van der Waals surface area contributed by atoms with Gasteiger partial charge in [-0.15, -0.1) is 11.3 Å². The Balaban J connectivity index is 1.66. The van der Waals surface area contributed by atoms with Gasteiger partial charge in [0.15, 0.2) is 5.13 Å². The Morgan fingerprint density at radius 1 is 1.09 bits per heavy atom. The Labute approximate surface area is 138 Å². The molecule has 1 aromatic heterocycles. The SMILES string of the molecule is O=C(Nc1nc2c(s1)CCCCCC2)Nc1ccccc1Cl. The summed E-state index contributed by atoms with van der Waals surface area (Å²) < 4.78 is 0. The van der Waals surface area contributed by atoms with E-state index < -0.39 is 0 Å². The number of thiazole rings is 1. The second-order valence-corrected chi connectivity index (χ2v) is 6.85. The van der Waals surface area contributed by atoms with E-state index in [0.29, 0.717) is 15.8 Å². The summed E-state index contributed by atoms with van der Waals surface area (Å²) in [7, 11) is 0. The van der Waals surface area contributed by atoms with Crippen LogP contribution in [0.15, 0.2) is 24.3 Å². The molecule has 2 N–H and O–H groups in total. The lowest BCUT2D eigenvalue weighted by molar-refractivity contribution is 0.262. The van der Waals surface area contributed by atoms with Crippen molar-refractivity contribution in [3.63, 3.8) is 0 Å². The number of nitrogens with zero attached hydrogens (tertiary/aromatic N) is 1. The molecule has 2 amide bonds. The molecule has 0 atom stereocenters. The molecule has 0 bridgehead atoms. The topological polar surface area (TPSA) is 54.0 Å². The number of rotatable bonds is 2. The molecule has 1 heterocycles. The molecule has 4 nitrogen and oxygen atoms in total. The zero-order valence-electron chi connectivity index (χ0n) is 12.2. The van der Waals surface area contributed by atoms with E-state index in [1.54, 1.807) is 23.5 Å². The summed E-state index contributed by atoms with van der Waals surface area (Å²) in [6, 6.07) is 6.85. The van der Waals surface area contributed by atoms with Crippen LogP contribution in [-0.2, 0) is 12.8 Å². The van der Waals surface area contributed by atoms with Crippen molar-refractivity contribution in [3.05, 3.63) is 39.9 Å². The second kappa shape index (κ2) is 7.11. The van der Waals surface area contributed by atoms with E-state index in [2.05, 4.69) is 15.6 Å². The number of urea groups is 1. The van der Waals surface area contributed by atoms with Crippen molar-refractivity contribution < 1.29 is 4.79 Å². The highest BCUT2D eigenvalue weighted by molar-refractivity contribution is 7.15. The number of carbonyl (C=O) groups excluding carboxylic acids is 1. The van der Waals surface area contributed by atoms with Crippen LogP contribution in [0.4, 0.5) is 15.6 Å². The van der Waals surface area contributed by atoms with E-state index in [1.165, 1.54) is 30.6 Å². The number of fused-ring (bicyclic) bond motifs is 1. The van der Waals surface area contributed by atoms with Crippen molar-refractivity contribution in [1.29, 1.82) is 0 Å². The van der Waals surface area contributed by atoms with Crippen molar-refractivity contribution in [2.45, 2.75) is 38.5 Å². The summed E-state index contributed by atoms with van der Waals surface area (Å²) in [5, 5.41) is 6.74. The Hall–Kier alpha value is -1.59.